The second-order valence-electron chi connectivity index (χ2n) is 5.09. The van der Waals surface area contributed by atoms with Crippen molar-refractivity contribution in [2.45, 2.75) is 38.3 Å². The first kappa shape index (κ1) is 11.0. The van der Waals surface area contributed by atoms with Crippen LogP contribution in [0.2, 0.25) is 0 Å². The molecular weight excluding hydrogens is 215 g/mol. The van der Waals surface area contributed by atoms with Gasteiger partial charge in [0.1, 0.15) is 5.82 Å². The molecule has 1 saturated carbocycles. The van der Waals surface area contributed by atoms with Crippen molar-refractivity contribution in [2.75, 3.05) is 18.0 Å². The summed E-state index contributed by atoms with van der Waals surface area (Å²) in [7, 11) is 0. The lowest BCUT2D eigenvalue weighted by Gasteiger charge is -2.22. The van der Waals surface area contributed by atoms with E-state index in [9.17, 15) is 4.39 Å². The summed E-state index contributed by atoms with van der Waals surface area (Å²) in [4.78, 5) is 2.31. The molecule has 1 aromatic carbocycles. The van der Waals surface area contributed by atoms with Gasteiger partial charge >= 0.3 is 0 Å². The fourth-order valence-electron chi connectivity index (χ4n) is 2.51. The highest BCUT2D eigenvalue weighted by atomic mass is 19.1. The Morgan fingerprint density at radius 3 is 2.71 bits per heavy atom. The minimum absolute atomic E-state index is 0.0671. The van der Waals surface area contributed by atoms with E-state index in [0.29, 0.717) is 12.6 Å². The molecule has 0 bridgehead atoms. The van der Waals surface area contributed by atoms with Crippen molar-refractivity contribution in [1.29, 1.82) is 0 Å². The van der Waals surface area contributed by atoms with Gasteiger partial charge < -0.3 is 10.2 Å². The number of nitrogens with zero attached hydrogens (tertiary/aromatic N) is 1. The van der Waals surface area contributed by atoms with E-state index in [0.717, 1.165) is 24.3 Å². The van der Waals surface area contributed by atoms with Crippen molar-refractivity contribution in [1.82, 2.24) is 5.32 Å². The van der Waals surface area contributed by atoms with Crippen LogP contribution in [-0.2, 0) is 6.54 Å². The number of hydrogen-bond acceptors (Lipinski definition) is 2. The largest absolute Gasteiger partial charge is 0.371 e. The Balaban J connectivity index is 1.81. The van der Waals surface area contributed by atoms with Gasteiger partial charge in [-0.15, -0.1) is 0 Å². The fourth-order valence-corrected chi connectivity index (χ4v) is 2.51. The molecule has 0 aromatic heterocycles. The van der Waals surface area contributed by atoms with Crippen molar-refractivity contribution in [3.63, 3.8) is 0 Å². The minimum Gasteiger partial charge on any atom is -0.371 e. The molecule has 92 valence electrons. The lowest BCUT2D eigenvalue weighted by Crippen LogP contribution is -2.23. The van der Waals surface area contributed by atoms with E-state index in [4.69, 9.17) is 0 Å². The van der Waals surface area contributed by atoms with Crippen LogP contribution in [0.5, 0.6) is 0 Å². The first-order chi connectivity index (χ1) is 8.34. The monoisotopic (exact) mass is 234 g/mol. The summed E-state index contributed by atoms with van der Waals surface area (Å²) < 4.78 is 13.9. The van der Waals surface area contributed by atoms with Crippen LogP contribution in [0.1, 0.15) is 31.2 Å². The summed E-state index contributed by atoms with van der Waals surface area (Å²) in [6.45, 7) is 2.81. The van der Waals surface area contributed by atoms with Crippen LogP contribution < -0.4 is 10.2 Å². The van der Waals surface area contributed by atoms with E-state index in [1.165, 1.54) is 25.7 Å². The van der Waals surface area contributed by atoms with Crippen LogP contribution in [-0.4, -0.2) is 19.1 Å². The number of anilines is 1. The Hall–Kier alpha value is -1.09. The van der Waals surface area contributed by atoms with Crippen molar-refractivity contribution in [3.05, 3.63) is 29.6 Å². The van der Waals surface area contributed by atoms with Crippen molar-refractivity contribution in [3.8, 4) is 0 Å². The third kappa shape index (κ3) is 2.44. The summed E-state index contributed by atoms with van der Waals surface area (Å²) in [5, 5.41) is 3.41. The molecule has 1 aliphatic carbocycles. The van der Waals surface area contributed by atoms with Crippen LogP contribution in [0.3, 0.4) is 0 Å². The molecule has 0 spiro atoms. The maximum atomic E-state index is 13.9. The highest BCUT2D eigenvalue weighted by Crippen LogP contribution is 2.28. The summed E-state index contributed by atoms with van der Waals surface area (Å²) in [5.74, 6) is -0.0671. The average molecular weight is 234 g/mol. The molecule has 3 rings (SSSR count). The maximum absolute atomic E-state index is 13.9. The number of rotatable bonds is 4. The van der Waals surface area contributed by atoms with Crippen LogP contribution in [0.25, 0.3) is 0 Å². The van der Waals surface area contributed by atoms with E-state index in [-0.39, 0.29) is 5.82 Å². The maximum Gasteiger partial charge on any atom is 0.129 e. The standard InChI is InChI=1S/C14H19FN2/c15-13-4-3-5-14(17-8-1-2-9-17)12(13)10-16-11-6-7-11/h3-5,11,16H,1-2,6-10H2. The van der Waals surface area contributed by atoms with Gasteiger partial charge in [-0.2, -0.15) is 0 Å². The zero-order valence-electron chi connectivity index (χ0n) is 10.1. The number of benzene rings is 1. The quantitative estimate of drug-likeness (QED) is 0.861. The van der Waals surface area contributed by atoms with Gasteiger partial charge in [0, 0.05) is 36.9 Å². The van der Waals surface area contributed by atoms with Crippen LogP contribution in [0.4, 0.5) is 10.1 Å². The van der Waals surface area contributed by atoms with Crippen molar-refractivity contribution in [2.24, 2.45) is 0 Å². The normalized spacial score (nSPS) is 19.9. The van der Waals surface area contributed by atoms with E-state index in [1.807, 2.05) is 6.07 Å². The van der Waals surface area contributed by atoms with Gasteiger partial charge in [-0.1, -0.05) is 6.07 Å². The lowest BCUT2D eigenvalue weighted by molar-refractivity contribution is 0.586. The summed E-state index contributed by atoms with van der Waals surface area (Å²) >= 11 is 0. The van der Waals surface area contributed by atoms with Gasteiger partial charge in [-0.05, 0) is 37.8 Å². The van der Waals surface area contributed by atoms with E-state index in [1.54, 1.807) is 6.07 Å². The smallest absolute Gasteiger partial charge is 0.129 e. The van der Waals surface area contributed by atoms with Crippen molar-refractivity contribution < 1.29 is 4.39 Å². The molecule has 0 radical (unpaired) electrons. The predicted octanol–water partition coefficient (Wildman–Crippen LogP) is 2.68. The molecule has 1 saturated heterocycles. The Morgan fingerprint density at radius 1 is 1.24 bits per heavy atom. The first-order valence-corrected chi connectivity index (χ1v) is 6.60. The van der Waals surface area contributed by atoms with Gasteiger partial charge in [0.2, 0.25) is 0 Å². The molecule has 17 heavy (non-hydrogen) atoms. The van der Waals surface area contributed by atoms with Crippen LogP contribution in [0, 0.1) is 5.82 Å². The fraction of sp³-hybridized carbons (Fsp3) is 0.571. The Bertz CT molecular complexity index is 395. The Labute approximate surface area is 102 Å². The first-order valence-electron chi connectivity index (χ1n) is 6.60. The molecule has 0 atom stereocenters. The zero-order valence-corrected chi connectivity index (χ0v) is 10.1. The predicted molar refractivity (Wildman–Crippen MR) is 67.7 cm³/mol. The molecule has 2 aliphatic rings. The van der Waals surface area contributed by atoms with Gasteiger partial charge in [0.15, 0.2) is 0 Å². The SMILES string of the molecule is Fc1cccc(N2CCCC2)c1CNC1CC1. The van der Waals surface area contributed by atoms with Gasteiger partial charge in [0.05, 0.1) is 0 Å². The number of halogens is 1. The molecule has 1 heterocycles. The molecule has 1 aliphatic heterocycles. The third-order valence-corrected chi connectivity index (χ3v) is 3.69. The lowest BCUT2D eigenvalue weighted by atomic mass is 10.1. The number of hydrogen-bond donors (Lipinski definition) is 1. The molecular formula is C14H19FN2. The zero-order chi connectivity index (χ0) is 11.7. The van der Waals surface area contributed by atoms with Crippen LogP contribution >= 0.6 is 0 Å². The summed E-state index contributed by atoms with van der Waals surface area (Å²) in [5.41, 5.74) is 1.94. The van der Waals surface area contributed by atoms with Crippen molar-refractivity contribution >= 4 is 5.69 Å². The van der Waals surface area contributed by atoms with Gasteiger partial charge in [0.25, 0.3) is 0 Å². The Morgan fingerprint density at radius 2 is 2.00 bits per heavy atom. The molecule has 2 fully saturated rings. The Kier molecular flexibility index (Phi) is 3.02. The van der Waals surface area contributed by atoms with Crippen LogP contribution in [0.15, 0.2) is 18.2 Å². The summed E-state index contributed by atoms with van der Waals surface area (Å²) in [6.07, 6.45) is 4.94. The average Bonchev–Trinajstić information content (AvgIpc) is 3.00. The molecule has 0 unspecified atom stereocenters. The van der Waals surface area contributed by atoms with E-state index in [2.05, 4.69) is 16.3 Å². The third-order valence-electron chi connectivity index (χ3n) is 3.69. The molecule has 1 aromatic rings. The second-order valence-corrected chi connectivity index (χ2v) is 5.09. The van der Waals surface area contributed by atoms with E-state index >= 15 is 0 Å². The van der Waals surface area contributed by atoms with Gasteiger partial charge in [-0.3, -0.25) is 0 Å². The minimum atomic E-state index is -0.0671. The molecule has 2 nitrogen and oxygen atoms in total. The second kappa shape index (κ2) is 4.65. The topological polar surface area (TPSA) is 15.3 Å². The number of nitrogens with one attached hydrogen (secondary N) is 1. The van der Waals surface area contributed by atoms with E-state index < -0.39 is 0 Å². The highest BCUT2D eigenvalue weighted by molar-refractivity contribution is 5.54. The summed E-state index contributed by atoms with van der Waals surface area (Å²) in [6, 6.07) is 6.08. The molecule has 1 N–H and O–H groups in total. The molecule has 0 amide bonds. The molecule has 3 heteroatoms. The van der Waals surface area contributed by atoms with Gasteiger partial charge in [-0.25, -0.2) is 4.39 Å². The highest BCUT2D eigenvalue weighted by Gasteiger charge is 2.23.